The number of methoxy groups -OCH3 is 1. The molecule has 0 saturated heterocycles. The molecule has 0 atom stereocenters. The van der Waals surface area contributed by atoms with Crippen molar-refractivity contribution in [3.05, 3.63) is 12.1 Å². The van der Waals surface area contributed by atoms with E-state index in [1.807, 2.05) is 0 Å². The number of phenols is 2. The van der Waals surface area contributed by atoms with Gasteiger partial charge < -0.3 is 19.7 Å². The first-order chi connectivity index (χ1) is 8.23. The van der Waals surface area contributed by atoms with Crippen LogP contribution in [0.1, 0.15) is 20.8 Å². The van der Waals surface area contributed by atoms with Crippen LogP contribution >= 0.6 is 0 Å². The Bertz CT molecular complexity index is 451. The van der Waals surface area contributed by atoms with E-state index in [2.05, 4.69) is 5.32 Å². The molecule has 1 rings (SSSR count). The molecule has 0 spiro atoms. The lowest BCUT2D eigenvalue weighted by molar-refractivity contribution is 0.0635. The zero-order valence-corrected chi connectivity index (χ0v) is 10.8. The summed E-state index contributed by atoms with van der Waals surface area (Å²) in [6.07, 6.45) is -0.731. The second-order valence-corrected chi connectivity index (χ2v) is 4.67. The summed E-state index contributed by atoms with van der Waals surface area (Å²) in [6, 6.07) is 2.43. The lowest BCUT2D eigenvalue weighted by Crippen LogP contribution is -2.27. The molecule has 3 N–H and O–H groups in total. The predicted octanol–water partition coefficient (Wildman–Crippen LogP) is 2.45. The van der Waals surface area contributed by atoms with Crippen molar-refractivity contribution in [2.45, 2.75) is 26.4 Å². The highest BCUT2D eigenvalue weighted by Gasteiger charge is 2.19. The largest absolute Gasteiger partial charge is 0.508 e. The molecule has 0 unspecified atom stereocenters. The molecule has 0 aliphatic heterocycles. The molecule has 0 aromatic heterocycles. The van der Waals surface area contributed by atoms with Gasteiger partial charge in [-0.25, -0.2) is 4.79 Å². The maximum atomic E-state index is 11.5. The number of carbonyl (C=O) groups is 1. The average Bonchev–Trinajstić information content (AvgIpc) is 2.20. The molecule has 18 heavy (non-hydrogen) atoms. The molecular weight excluding hydrogens is 238 g/mol. The van der Waals surface area contributed by atoms with E-state index in [1.54, 1.807) is 20.8 Å². The number of rotatable bonds is 2. The molecule has 1 aromatic carbocycles. The minimum absolute atomic E-state index is 0.0149. The number of phenolic OH excluding ortho intramolecular Hbond substituents is 2. The van der Waals surface area contributed by atoms with Gasteiger partial charge in [-0.1, -0.05) is 0 Å². The number of aromatic hydroxyl groups is 2. The molecule has 0 fully saturated rings. The average molecular weight is 255 g/mol. The third kappa shape index (κ3) is 3.73. The number of amides is 1. The zero-order valence-electron chi connectivity index (χ0n) is 10.8. The number of carbonyl (C=O) groups excluding carboxylic acids is 1. The van der Waals surface area contributed by atoms with Gasteiger partial charge in [-0.05, 0) is 20.8 Å². The molecular formula is C12H17NO5. The first-order valence-electron chi connectivity index (χ1n) is 5.33. The fourth-order valence-corrected chi connectivity index (χ4v) is 1.26. The Balaban J connectivity index is 2.91. The van der Waals surface area contributed by atoms with Gasteiger partial charge in [0.05, 0.1) is 12.8 Å². The van der Waals surface area contributed by atoms with Crippen molar-refractivity contribution in [1.29, 1.82) is 0 Å². The summed E-state index contributed by atoms with van der Waals surface area (Å²) in [5.41, 5.74) is -0.637. The van der Waals surface area contributed by atoms with Crippen molar-refractivity contribution in [3.8, 4) is 17.2 Å². The minimum Gasteiger partial charge on any atom is -0.508 e. The van der Waals surface area contributed by atoms with E-state index in [-0.39, 0.29) is 22.9 Å². The van der Waals surface area contributed by atoms with E-state index in [1.165, 1.54) is 19.2 Å². The topological polar surface area (TPSA) is 88.0 Å². The molecule has 6 nitrogen and oxygen atoms in total. The number of hydrogen-bond acceptors (Lipinski definition) is 5. The van der Waals surface area contributed by atoms with E-state index in [0.29, 0.717) is 0 Å². The molecule has 100 valence electrons. The zero-order chi connectivity index (χ0) is 13.9. The summed E-state index contributed by atoms with van der Waals surface area (Å²) in [7, 11) is 1.34. The SMILES string of the molecule is COc1cc(O)cc(NC(=O)OC(C)(C)C)c1O. The van der Waals surface area contributed by atoms with Crippen LogP contribution in [-0.4, -0.2) is 29.0 Å². The van der Waals surface area contributed by atoms with Gasteiger partial charge in [0.25, 0.3) is 0 Å². The van der Waals surface area contributed by atoms with Crippen LogP contribution in [0, 0.1) is 0 Å². The van der Waals surface area contributed by atoms with Gasteiger partial charge in [0.1, 0.15) is 11.4 Å². The summed E-state index contributed by atoms with van der Waals surface area (Å²) < 4.78 is 9.87. The standard InChI is InChI=1S/C12H17NO5/c1-12(2,3)18-11(16)13-8-5-7(14)6-9(17-4)10(8)15/h5-6,14-15H,1-4H3,(H,13,16). The minimum atomic E-state index is -0.731. The van der Waals surface area contributed by atoms with Crippen molar-refractivity contribution in [3.63, 3.8) is 0 Å². The second-order valence-electron chi connectivity index (χ2n) is 4.67. The van der Waals surface area contributed by atoms with E-state index in [9.17, 15) is 15.0 Å². The molecule has 0 heterocycles. The van der Waals surface area contributed by atoms with Crippen LogP contribution in [0.3, 0.4) is 0 Å². The Hall–Kier alpha value is -2.11. The number of anilines is 1. The monoisotopic (exact) mass is 255 g/mol. The van der Waals surface area contributed by atoms with Gasteiger partial charge >= 0.3 is 6.09 Å². The fourth-order valence-electron chi connectivity index (χ4n) is 1.26. The number of benzene rings is 1. The normalized spacial score (nSPS) is 10.9. The Kier molecular flexibility index (Phi) is 3.90. The van der Waals surface area contributed by atoms with Crippen LogP contribution in [0.2, 0.25) is 0 Å². The summed E-state index contributed by atoms with van der Waals surface area (Å²) in [5, 5.41) is 21.5. The van der Waals surface area contributed by atoms with Crippen LogP contribution in [0.4, 0.5) is 10.5 Å². The smallest absolute Gasteiger partial charge is 0.412 e. The Morgan fingerprint density at radius 2 is 1.89 bits per heavy atom. The van der Waals surface area contributed by atoms with Gasteiger partial charge in [0.2, 0.25) is 0 Å². The van der Waals surface area contributed by atoms with Gasteiger partial charge in [0, 0.05) is 12.1 Å². The Morgan fingerprint density at radius 1 is 1.28 bits per heavy atom. The molecule has 0 aliphatic carbocycles. The summed E-state index contributed by atoms with van der Waals surface area (Å²) >= 11 is 0. The Morgan fingerprint density at radius 3 is 2.39 bits per heavy atom. The summed E-state index contributed by atoms with van der Waals surface area (Å²) in [5.74, 6) is -0.363. The summed E-state index contributed by atoms with van der Waals surface area (Å²) in [6.45, 7) is 5.15. The first-order valence-corrected chi connectivity index (χ1v) is 5.33. The fraction of sp³-hybridized carbons (Fsp3) is 0.417. The van der Waals surface area contributed by atoms with Crippen LogP contribution in [0.15, 0.2) is 12.1 Å². The second kappa shape index (κ2) is 5.03. The van der Waals surface area contributed by atoms with Gasteiger partial charge in [0.15, 0.2) is 11.5 Å². The van der Waals surface area contributed by atoms with Crippen molar-refractivity contribution in [2.75, 3.05) is 12.4 Å². The number of hydrogen-bond donors (Lipinski definition) is 3. The van der Waals surface area contributed by atoms with E-state index < -0.39 is 11.7 Å². The molecule has 0 aliphatic rings. The van der Waals surface area contributed by atoms with Crippen LogP contribution < -0.4 is 10.1 Å². The molecule has 0 radical (unpaired) electrons. The maximum Gasteiger partial charge on any atom is 0.412 e. The lowest BCUT2D eigenvalue weighted by Gasteiger charge is -2.20. The lowest BCUT2D eigenvalue weighted by atomic mass is 10.2. The molecule has 1 aromatic rings. The number of ether oxygens (including phenoxy) is 2. The van der Waals surface area contributed by atoms with Crippen molar-refractivity contribution >= 4 is 11.8 Å². The molecule has 0 bridgehead atoms. The van der Waals surface area contributed by atoms with Gasteiger partial charge in [-0.15, -0.1) is 0 Å². The van der Waals surface area contributed by atoms with Gasteiger partial charge in [-0.3, -0.25) is 5.32 Å². The van der Waals surface area contributed by atoms with Crippen LogP contribution in [0.5, 0.6) is 17.2 Å². The highest BCUT2D eigenvalue weighted by atomic mass is 16.6. The maximum absolute atomic E-state index is 11.5. The van der Waals surface area contributed by atoms with Crippen LogP contribution in [-0.2, 0) is 4.74 Å². The third-order valence-corrected chi connectivity index (χ3v) is 1.92. The Labute approximate surface area is 105 Å². The summed E-state index contributed by atoms with van der Waals surface area (Å²) in [4.78, 5) is 11.5. The van der Waals surface area contributed by atoms with Crippen molar-refractivity contribution in [1.82, 2.24) is 0 Å². The first kappa shape index (κ1) is 14.0. The third-order valence-electron chi connectivity index (χ3n) is 1.92. The van der Waals surface area contributed by atoms with E-state index in [0.717, 1.165) is 0 Å². The highest BCUT2D eigenvalue weighted by molar-refractivity contribution is 5.88. The van der Waals surface area contributed by atoms with E-state index >= 15 is 0 Å². The van der Waals surface area contributed by atoms with Crippen molar-refractivity contribution < 1.29 is 24.5 Å². The van der Waals surface area contributed by atoms with Crippen LogP contribution in [0.25, 0.3) is 0 Å². The quantitative estimate of drug-likeness (QED) is 0.558. The molecule has 0 saturated carbocycles. The predicted molar refractivity (Wildman–Crippen MR) is 66.2 cm³/mol. The van der Waals surface area contributed by atoms with E-state index in [4.69, 9.17) is 9.47 Å². The highest BCUT2D eigenvalue weighted by Crippen LogP contribution is 2.37. The number of nitrogens with one attached hydrogen (secondary N) is 1. The molecule has 1 amide bonds. The van der Waals surface area contributed by atoms with Gasteiger partial charge in [-0.2, -0.15) is 0 Å². The van der Waals surface area contributed by atoms with Crippen molar-refractivity contribution in [2.24, 2.45) is 0 Å². The molecule has 6 heteroatoms.